The van der Waals surface area contributed by atoms with Crippen molar-refractivity contribution in [2.75, 3.05) is 20.3 Å². The number of ether oxygens (including phenoxy) is 1. The summed E-state index contributed by atoms with van der Waals surface area (Å²) in [7, 11) is 1.61. The van der Waals surface area contributed by atoms with Crippen molar-refractivity contribution in [2.45, 2.75) is 12.8 Å². The van der Waals surface area contributed by atoms with E-state index in [2.05, 4.69) is 15.3 Å². The summed E-state index contributed by atoms with van der Waals surface area (Å²) in [5, 5.41) is 2.62. The van der Waals surface area contributed by atoms with E-state index in [9.17, 15) is 9.59 Å². The molecule has 1 amide bonds. The maximum atomic E-state index is 12.6. The second kappa shape index (κ2) is 7.32. The molecular formula is C21H21N3O3. The maximum Gasteiger partial charge on any atom is 0.251 e. The number of nitrogens with zero attached hydrogens (tertiary/aromatic N) is 1. The monoisotopic (exact) mass is 363 g/mol. The van der Waals surface area contributed by atoms with Crippen molar-refractivity contribution in [1.29, 1.82) is 0 Å². The van der Waals surface area contributed by atoms with Gasteiger partial charge in [-0.25, -0.2) is 4.98 Å². The summed E-state index contributed by atoms with van der Waals surface area (Å²) in [4.78, 5) is 32.2. The highest BCUT2D eigenvalue weighted by molar-refractivity contribution is 5.99. The first-order valence-corrected chi connectivity index (χ1v) is 9.10. The summed E-state index contributed by atoms with van der Waals surface area (Å²) in [5.74, 6) is 0.816. The van der Waals surface area contributed by atoms with Crippen LogP contribution in [0.5, 0.6) is 0 Å². The zero-order chi connectivity index (χ0) is 18.8. The van der Waals surface area contributed by atoms with Crippen molar-refractivity contribution >= 4 is 22.7 Å². The van der Waals surface area contributed by atoms with Crippen LogP contribution in [0, 0.1) is 5.92 Å². The van der Waals surface area contributed by atoms with Crippen molar-refractivity contribution in [2.24, 2.45) is 5.92 Å². The number of H-pyrrole nitrogens is 1. The van der Waals surface area contributed by atoms with Gasteiger partial charge in [-0.1, -0.05) is 24.3 Å². The van der Waals surface area contributed by atoms with E-state index >= 15 is 0 Å². The molecule has 1 aliphatic rings. The van der Waals surface area contributed by atoms with Crippen LogP contribution in [-0.2, 0) is 4.74 Å². The fourth-order valence-corrected chi connectivity index (χ4v) is 3.42. The van der Waals surface area contributed by atoms with Gasteiger partial charge in [0.2, 0.25) is 0 Å². The molecule has 0 radical (unpaired) electrons. The number of hydrogen-bond acceptors (Lipinski definition) is 4. The normalized spacial score (nSPS) is 15.0. The molecule has 2 aromatic carbocycles. The number of imidazole rings is 1. The minimum Gasteiger partial charge on any atom is -0.381 e. The number of aromatic amines is 1. The molecule has 138 valence electrons. The minimum absolute atomic E-state index is 0.0546. The number of carbonyl (C=O) groups excluding carboxylic acids is 2. The molecule has 0 unspecified atom stereocenters. The van der Waals surface area contributed by atoms with Crippen molar-refractivity contribution < 1.29 is 14.3 Å². The number of carbonyl (C=O) groups is 2. The lowest BCUT2D eigenvalue weighted by Gasteiger charge is -2.20. The number of aromatic nitrogens is 2. The van der Waals surface area contributed by atoms with Gasteiger partial charge in [-0.05, 0) is 31.0 Å². The Hall–Kier alpha value is -2.99. The molecule has 4 rings (SSSR count). The molecule has 27 heavy (non-hydrogen) atoms. The molecule has 3 aromatic rings. The second-order valence-corrected chi connectivity index (χ2v) is 6.72. The molecule has 2 heterocycles. The number of ketones is 1. The van der Waals surface area contributed by atoms with Crippen LogP contribution in [0.15, 0.2) is 42.5 Å². The Kier molecular flexibility index (Phi) is 4.73. The SMILES string of the molecule is CNC(=O)c1ccc2nc(-c3ccc(C(=O)C4CCOCC4)cc3)[nH]c2c1. The van der Waals surface area contributed by atoms with Gasteiger partial charge in [0.15, 0.2) is 5.78 Å². The average molecular weight is 363 g/mol. The molecule has 0 aliphatic carbocycles. The Balaban J connectivity index is 1.58. The van der Waals surface area contributed by atoms with E-state index in [0.717, 1.165) is 35.0 Å². The van der Waals surface area contributed by atoms with E-state index in [0.29, 0.717) is 24.6 Å². The summed E-state index contributed by atoms with van der Waals surface area (Å²) >= 11 is 0. The molecule has 1 saturated heterocycles. The average Bonchev–Trinajstić information content (AvgIpc) is 3.16. The third-order valence-electron chi connectivity index (χ3n) is 5.01. The van der Waals surface area contributed by atoms with E-state index in [1.165, 1.54) is 0 Å². The van der Waals surface area contributed by atoms with Crippen molar-refractivity contribution in [3.8, 4) is 11.4 Å². The Labute approximate surface area is 156 Å². The Morgan fingerprint density at radius 1 is 1.07 bits per heavy atom. The molecule has 2 N–H and O–H groups in total. The summed E-state index contributed by atoms with van der Waals surface area (Å²) < 4.78 is 5.33. The Morgan fingerprint density at radius 3 is 2.48 bits per heavy atom. The summed E-state index contributed by atoms with van der Waals surface area (Å²) in [5.41, 5.74) is 3.80. The third-order valence-corrected chi connectivity index (χ3v) is 5.01. The topological polar surface area (TPSA) is 84.1 Å². The lowest BCUT2D eigenvalue weighted by Crippen LogP contribution is -2.23. The zero-order valence-corrected chi connectivity index (χ0v) is 15.1. The quantitative estimate of drug-likeness (QED) is 0.697. The predicted molar refractivity (Wildman–Crippen MR) is 103 cm³/mol. The zero-order valence-electron chi connectivity index (χ0n) is 15.1. The van der Waals surface area contributed by atoms with Gasteiger partial charge in [0.25, 0.3) is 5.91 Å². The van der Waals surface area contributed by atoms with Gasteiger partial charge in [-0.15, -0.1) is 0 Å². The standard InChI is InChI=1S/C21H21N3O3/c1-22-21(26)16-6-7-17-18(12-16)24-20(23-17)15-4-2-13(3-5-15)19(25)14-8-10-27-11-9-14/h2-7,12,14H,8-11H2,1H3,(H,22,26)(H,23,24). The lowest BCUT2D eigenvalue weighted by atomic mass is 9.90. The predicted octanol–water partition coefficient (Wildman–Crippen LogP) is 3.20. The molecule has 1 aliphatic heterocycles. The fraction of sp³-hybridized carbons (Fsp3) is 0.286. The summed E-state index contributed by atoms with van der Waals surface area (Å²) in [6, 6.07) is 12.9. The van der Waals surface area contributed by atoms with Crippen LogP contribution < -0.4 is 5.32 Å². The highest BCUT2D eigenvalue weighted by atomic mass is 16.5. The number of fused-ring (bicyclic) bond motifs is 1. The van der Waals surface area contributed by atoms with Crippen LogP contribution in [0.4, 0.5) is 0 Å². The van der Waals surface area contributed by atoms with Crippen molar-refractivity contribution in [3.63, 3.8) is 0 Å². The Morgan fingerprint density at radius 2 is 1.78 bits per heavy atom. The van der Waals surface area contributed by atoms with E-state index in [4.69, 9.17) is 4.74 Å². The number of hydrogen-bond donors (Lipinski definition) is 2. The minimum atomic E-state index is -0.135. The van der Waals surface area contributed by atoms with Gasteiger partial charge in [0.05, 0.1) is 11.0 Å². The molecule has 1 aromatic heterocycles. The molecule has 0 saturated carbocycles. The first-order chi connectivity index (χ1) is 13.2. The molecule has 0 atom stereocenters. The Bertz CT molecular complexity index is 986. The maximum absolute atomic E-state index is 12.6. The van der Waals surface area contributed by atoms with Gasteiger partial charge in [-0.2, -0.15) is 0 Å². The third kappa shape index (κ3) is 3.48. The number of rotatable bonds is 4. The first-order valence-electron chi connectivity index (χ1n) is 9.10. The number of nitrogens with one attached hydrogen (secondary N) is 2. The van der Waals surface area contributed by atoms with Crippen LogP contribution in [0.25, 0.3) is 22.4 Å². The molecule has 6 nitrogen and oxygen atoms in total. The summed E-state index contributed by atoms with van der Waals surface area (Å²) in [6.45, 7) is 1.32. The van der Waals surface area contributed by atoms with Gasteiger partial charge in [0.1, 0.15) is 5.82 Å². The van der Waals surface area contributed by atoms with Crippen LogP contribution in [0.1, 0.15) is 33.6 Å². The largest absolute Gasteiger partial charge is 0.381 e. The molecule has 6 heteroatoms. The second-order valence-electron chi connectivity index (χ2n) is 6.72. The molecular weight excluding hydrogens is 342 g/mol. The van der Waals surface area contributed by atoms with Gasteiger partial charge >= 0.3 is 0 Å². The van der Waals surface area contributed by atoms with E-state index in [1.54, 1.807) is 19.2 Å². The molecule has 0 bridgehead atoms. The van der Waals surface area contributed by atoms with Gasteiger partial charge in [0, 0.05) is 42.9 Å². The number of benzene rings is 2. The van der Waals surface area contributed by atoms with E-state index < -0.39 is 0 Å². The van der Waals surface area contributed by atoms with Crippen molar-refractivity contribution in [1.82, 2.24) is 15.3 Å². The van der Waals surface area contributed by atoms with Crippen LogP contribution in [0.2, 0.25) is 0 Å². The molecule has 0 spiro atoms. The highest BCUT2D eigenvalue weighted by Crippen LogP contribution is 2.24. The lowest BCUT2D eigenvalue weighted by molar-refractivity contribution is 0.0545. The van der Waals surface area contributed by atoms with E-state index in [-0.39, 0.29) is 17.6 Å². The molecule has 1 fully saturated rings. The fourth-order valence-electron chi connectivity index (χ4n) is 3.42. The van der Waals surface area contributed by atoms with Crippen LogP contribution in [0.3, 0.4) is 0 Å². The van der Waals surface area contributed by atoms with E-state index in [1.807, 2.05) is 30.3 Å². The number of Topliss-reactive ketones (excluding diaryl/α,β-unsaturated/α-hetero) is 1. The highest BCUT2D eigenvalue weighted by Gasteiger charge is 2.22. The van der Waals surface area contributed by atoms with Gasteiger partial charge < -0.3 is 15.0 Å². The summed E-state index contributed by atoms with van der Waals surface area (Å²) in [6.07, 6.45) is 1.58. The van der Waals surface area contributed by atoms with Crippen LogP contribution in [-0.4, -0.2) is 41.9 Å². The first kappa shape index (κ1) is 17.4. The van der Waals surface area contributed by atoms with Gasteiger partial charge in [-0.3, -0.25) is 9.59 Å². The smallest absolute Gasteiger partial charge is 0.251 e. The number of amides is 1. The van der Waals surface area contributed by atoms with Crippen LogP contribution >= 0.6 is 0 Å². The van der Waals surface area contributed by atoms with Crippen molar-refractivity contribution in [3.05, 3.63) is 53.6 Å².